The molecule has 2 aliphatic rings. The van der Waals surface area contributed by atoms with Crippen LogP contribution < -0.4 is 5.32 Å². The van der Waals surface area contributed by atoms with E-state index >= 15 is 0 Å². The molecule has 2 aliphatic carbocycles. The van der Waals surface area contributed by atoms with Crippen LogP contribution in [0.2, 0.25) is 0 Å². The summed E-state index contributed by atoms with van der Waals surface area (Å²) in [5, 5.41) is 13.2. The van der Waals surface area contributed by atoms with Crippen LogP contribution >= 0.6 is 0 Å². The highest BCUT2D eigenvalue weighted by Crippen LogP contribution is 2.46. The fourth-order valence-corrected chi connectivity index (χ4v) is 3.40. The quantitative estimate of drug-likeness (QED) is 0.866. The number of carbonyl (C=O) groups excluding carboxylic acids is 1. The van der Waals surface area contributed by atoms with Crippen LogP contribution in [0.4, 0.5) is 0 Å². The lowest BCUT2D eigenvalue weighted by Gasteiger charge is -2.21. The fourth-order valence-electron chi connectivity index (χ4n) is 3.40. The Morgan fingerprint density at radius 3 is 2.65 bits per heavy atom. The average Bonchev–Trinajstić information content (AvgIpc) is 3.12. The molecule has 3 rings (SSSR count). The highest BCUT2D eigenvalue weighted by Gasteiger charge is 2.39. The molecule has 3 heteroatoms. The molecule has 2 fully saturated rings. The van der Waals surface area contributed by atoms with Crippen molar-refractivity contribution in [3.63, 3.8) is 0 Å². The maximum Gasteiger partial charge on any atom is 0.222 e. The van der Waals surface area contributed by atoms with Gasteiger partial charge in [0.15, 0.2) is 0 Å². The number of hydrogen-bond donors (Lipinski definition) is 2. The molecular weight excluding hydrogens is 250 g/mol. The van der Waals surface area contributed by atoms with Crippen molar-refractivity contribution in [3.8, 4) is 0 Å². The lowest BCUT2D eigenvalue weighted by atomic mass is 9.97. The van der Waals surface area contributed by atoms with Gasteiger partial charge in [-0.25, -0.2) is 0 Å². The summed E-state index contributed by atoms with van der Waals surface area (Å²) < 4.78 is 0. The first kappa shape index (κ1) is 13.6. The molecule has 108 valence electrons. The van der Waals surface area contributed by atoms with Crippen molar-refractivity contribution in [2.75, 3.05) is 6.54 Å². The van der Waals surface area contributed by atoms with E-state index < -0.39 is 5.60 Å². The summed E-state index contributed by atoms with van der Waals surface area (Å²) in [6.45, 7) is 0.745. The minimum absolute atomic E-state index is 0.00751. The summed E-state index contributed by atoms with van der Waals surface area (Å²) in [5.41, 5.74) is 0.646. The largest absolute Gasteiger partial charge is 0.389 e. The number of aliphatic hydroxyl groups is 1. The van der Waals surface area contributed by atoms with Crippen molar-refractivity contribution in [1.29, 1.82) is 0 Å². The zero-order chi connectivity index (χ0) is 14.0. The number of hydrogen-bond acceptors (Lipinski definition) is 2. The first-order valence-corrected chi connectivity index (χ1v) is 7.70. The van der Waals surface area contributed by atoms with Crippen LogP contribution in [0.1, 0.15) is 50.0 Å². The van der Waals surface area contributed by atoms with Crippen LogP contribution in [0.25, 0.3) is 0 Å². The molecule has 20 heavy (non-hydrogen) atoms. The Bertz CT molecular complexity index is 465. The van der Waals surface area contributed by atoms with Crippen LogP contribution in [-0.2, 0) is 4.79 Å². The number of nitrogens with one attached hydrogen (secondary N) is 1. The molecule has 0 heterocycles. The Hall–Kier alpha value is -1.35. The van der Waals surface area contributed by atoms with Crippen molar-refractivity contribution in [1.82, 2.24) is 5.32 Å². The van der Waals surface area contributed by atoms with E-state index in [-0.39, 0.29) is 12.3 Å². The van der Waals surface area contributed by atoms with Crippen LogP contribution in [0.5, 0.6) is 0 Å². The normalized spacial score (nSPS) is 27.2. The van der Waals surface area contributed by atoms with Gasteiger partial charge in [-0.1, -0.05) is 43.2 Å². The van der Waals surface area contributed by atoms with Gasteiger partial charge in [0.05, 0.1) is 12.0 Å². The standard InChI is InChI=1S/C17H23NO2/c19-16(11-17(20)8-4-5-9-17)18-12-14-10-15(14)13-6-2-1-3-7-13/h1-3,6-7,14-15,20H,4-5,8-12H2,(H,18,19). The summed E-state index contributed by atoms with van der Waals surface area (Å²) in [4.78, 5) is 11.9. The van der Waals surface area contributed by atoms with Crippen molar-refractivity contribution in [2.24, 2.45) is 5.92 Å². The number of amides is 1. The molecular formula is C17H23NO2. The van der Waals surface area contributed by atoms with Crippen LogP contribution in [0.3, 0.4) is 0 Å². The second kappa shape index (κ2) is 5.57. The van der Waals surface area contributed by atoms with Gasteiger partial charge in [-0.2, -0.15) is 0 Å². The zero-order valence-electron chi connectivity index (χ0n) is 11.8. The van der Waals surface area contributed by atoms with E-state index in [0.29, 0.717) is 11.8 Å². The van der Waals surface area contributed by atoms with Crippen molar-refractivity contribution in [3.05, 3.63) is 35.9 Å². The average molecular weight is 273 g/mol. The van der Waals surface area contributed by atoms with Gasteiger partial charge >= 0.3 is 0 Å². The summed E-state index contributed by atoms with van der Waals surface area (Å²) in [6, 6.07) is 10.5. The smallest absolute Gasteiger partial charge is 0.222 e. The molecule has 2 unspecified atom stereocenters. The SMILES string of the molecule is O=C(CC1(O)CCCC1)NCC1CC1c1ccccc1. The Balaban J connectivity index is 1.41. The van der Waals surface area contributed by atoms with Gasteiger partial charge in [-0.05, 0) is 36.7 Å². The molecule has 2 saturated carbocycles. The van der Waals surface area contributed by atoms with Gasteiger partial charge in [0, 0.05) is 6.54 Å². The summed E-state index contributed by atoms with van der Waals surface area (Å²) in [5.74, 6) is 1.18. The van der Waals surface area contributed by atoms with Gasteiger partial charge < -0.3 is 10.4 Å². The Morgan fingerprint density at radius 1 is 1.25 bits per heavy atom. The molecule has 1 amide bonds. The fraction of sp³-hybridized carbons (Fsp3) is 0.588. The molecule has 0 saturated heterocycles. The number of benzene rings is 1. The van der Waals surface area contributed by atoms with E-state index in [1.807, 2.05) is 6.07 Å². The van der Waals surface area contributed by atoms with Crippen LogP contribution in [-0.4, -0.2) is 23.2 Å². The molecule has 0 bridgehead atoms. The molecule has 3 nitrogen and oxygen atoms in total. The third-order valence-corrected chi connectivity index (χ3v) is 4.74. The number of rotatable bonds is 5. The van der Waals surface area contributed by atoms with E-state index in [2.05, 4.69) is 29.6 Å². The maximum absolute atomic E-state index is 11.9. The van der Waals surface area contributed by atoms with Gasteiger partial charge in [-0.15, -0.1) is 0 Å². The maximum atomic E-state index is 11.9. The van der Waals surface area contributed by atoms with Gasteiger partial charge in [0.1, 0.15) is 0 Å². The molecule has 1 aromatic carbocycles. The highest BCUT2D eigenvalue weighted by atomic mass is 16.3. The van der Waals surface area contributed by atoms with Crippen molar-refractivity contribution >= 4 is 5.91 Å². The van der Waals surface area contributed by atoms with Crippen molar-refractivity contribution < 1.29 is 9.90 Å². The Morgan fingerprint density at radius 2 is 1.95 bits per heavy atom. The third-order valence-electron chi connectivity index (χ3n) is 4.74. The van der Waals surface area contributed by atoms with Gasteiger partial charge in [0.25, 0.3) is 0 Å². The second-order valence-corrected chi connectivity index (χ2v) is 6.43. The Labute approximate surface area is 120 Å². The van der Waals surface area contributed by atoms with E-state index in [4.69, 9.17) is 0 Å². The Kier molecular flexibility index (Phi) is 3.79. The zero-order valence-corrected chi connectivity index (χ0v) is 11.8. The van der Waals surface area contributed by atoms with Crippen LogP contribution in [0, 0.1) is 5.92 Å². The van der Waals surface area contributed by atoms with E-state index in [9.17, 15) is 9.90 Å². The van der Waals surface area contributed by atoms with E-state index in [1.165, 1.54) is 5.56 Å². The summed E-state index contributed by atoms with van der Waals surface area (Å²) in [6.07, 6.45) is 5.07. The first-order valence-electron chi connectivity index (χ1n) is 7.70. The predicted molar refractivity (Wildman–Crippen MR) is 78.3 cm³/mol. The molecule has 0 aromatic heterocycles. The topological polar surface area (TPSA) is 49.3 Å². The monoisotopic (exact) mass is 273 g/mol. The van der Waals surface area contributed by atoms with E-state index in [0.717, 1.165) is 38.6 Å². The highest BCUT2D eigenvalue weighted by molar-refractivity contribution is 5.77. The molecule has 2 atom stereocenters. The van der Waals surface area contributed by atoms with Gasteiger partial charge in [0.2, 0.25) is 5.91 Å². The number of carbonyl (C=O) groups is 1. The summed E-state index contributed by atoms with van der Waals surface area (Å²) >= 11 is 0. The molecule has 2 N–H and O–H groups in total. The van der Waals surface area contributed by atoms with Gasteiger partial charge in [-0.3, -0.25) is 4.79 Å². The molecule has 0 radical (unpaired) electrons. The molecule has 1 aromatic rings. The second-order valence-electron chi connectivity index (χ2n) is 6.43. The molecule has 0 aliphatic heterocycles. The minimum Gasteiger partial charge on any atom is -0.389 e. The first-order chi connectivity index (χ1) is 9.66. The van der Waals surface area contributed by atoms with E-state index in [1.54, 1.807) is 0 Å². The van der Waals surface area contributed by atoms with Crippen LogP contribution in [0.15, 0.2) is 30.3 Å². The lowest BCUT2D eigenvalue weighted by Crippen LogP contribution is -2.35. The third kappa shape index (κ3) is 3.21. The minimum atomic E-state index is -0.730. The summed E-state index contributed by atoms with van der Waals surface area (Å²) in [7, 11) is 0. The van der Waals surface area contributed by atoms with Crippen molar-refractivity contribution in [2.45, 2.75) is 50.0 Å². The lowest BCUT2D eigenvalue weighted by molar-refractivity contribution is -0.125. The predicted octanol–water partition coefficient (Wildman–Crippen LogP) is 2.60. The molecule has 0 spiro atoms.